The molecule has 1 saturated carbocycles. The van der Waals surface area contributed by atoms with Gasteiger partial charge in [0.2, 0.25) is 0 Å². The minimum absolute atomic E-state index is 0.666. The summed E-state index contributed by atoms with van der Waals surface area (Å²) in [6, 6.07) is 7.01. The molecule has 1 aromatic rings. The zero-order valence-electron chi connectivity index (χ0n) is 12.5. The number of benzene rings is 1. The standard InChI is InChI=1S/C17H26N2O/c1-2-20-17-12-14(9-10-15(17)18)19-11-5-8-16(19)13-6-3-4-7-13/h9-10,12-13,16H,2-8,11,18H2,1H3. The molecule has 0 bridgehead atoms. The van der Waals surface area contributed by atoms with Crippen LogP contribution >= 0.6 is 0 Å². The maximum Gasteiger partial charge on any atom is 0.144 e. The first-order chi connectivity index (χ1) is 9.79. The van der Waals surface area contributed by atoms with Gasteiger partial charge in [-0.3, -0.25) is 0 Å². The average Bonchev–Trinajstić information content (AvgIpc) is 3.11. The van der Waals surface area contributed by atoms with Crippen LogP contribution in [0.3, 0.4) is 0 Å². The Bertz CT molecular complexity index is 454. The Morgan fingerprint density at radius 2 is 2.00 bits per heavy atom. The van der Waals surface area contributed by atoms with Gasteiger partial charge in [-0.05, 0) is 50.7 Å². The van der Waals surface area contributed by atoms with E-state index in [1.807, 2.05) is 13.0 Å². The molecule has 2 aliphatic rings. The molecule has 0 spiro atoms. The number of nitrogen functional groups attached to an aromatic ring is 1. The van der Waals surface area contributed by atoms with E-state index in [-0.39, 0.29) is 0 Å². The summed E-state index contributed by atoms with van der Waals surface area (Å²) in [5, 5.41) is 0. The summed E-state index contributed by atoms with van der Waals surface area (Å²) in [5.74, 6) is 1.73. The quantitative estimate of drug-likeness (QED) is 0.848. The van der Waals surface area contributed by atoms with Gasteiger partial charge in [-0.25, -0.2) is 0 Å². The van der Waals surface area contributed by atoms with E-state index in [1.54, 1.807) is 0 Å². The van der Waals surface area contributed by atoms with E-state index in [4.69, 9.17) is 10.5 Å². The molecule has 3 rings (SSSR count). The largest absolute Gasteiger partial charge is 0.492 e. The van der Waals surface area contributed by atoms with Gasteiger partial charge in [-0.1, -0.05) is 12.8 Å². The summed E-state index contributed by atoms with van der Waals surface area (Å²) in [5.41, 5.74) is 8.02. The van der Waals surface area contributed by atoms with Gasteiger partial charge in [0.25, 0.3) is 0 Å². The molecule has 3 nitrogen and oxygen atoms in total. The Morgan fingerprint density at radius 1 is 1.20 bits per heavy atom. The van der Waals surface area contributed by atoms with Crippen molar-refractivity contribution in [2.24, 2.45) is 5.92 Å². The van der Waals surface area contributed by atoms with Gasteiger partial charge in [0, 0.05) is 24.3 Å². The maximum atomic E-state index is 5.99. The van der Waals surface area contributed by atoms with Gasteiger partial charge < -0.3 is 15.4 Å². The molecular weight excluding hydrogens is 248 g/mol. The summed E-state index contributed by atoms with van der Waals surface area (Å²) >= 11 is 0. The molecule has 1 unspecified atom stereocenters. The van der Waals surface area contributed by atoms with Gasteiger partial charge in [-0.2, -0.15) is 0 Å². The van der Waals surface area contributed by atoms with Crippen molar-refractivity contribution in [2.45, 2.75) is 51.5 Å². The Balaban J connectivity index is 1.81. The van der Waals surface area contributed by atoms with Crippen LogP contribution in [0.1, 0.15) is 45.4 Å². The molecule has 0 radical (unpaired) electrons. The highest BCUT2D eigenvalue weighted by atomic mass is 16.5. The minimum Gasteiger partial charge on any atom is -0.492 e. The predicted molar refractivity (Wildman–Crippen MR) is 84.3 cm³/mol. The van der Waals surface area contributed by atoms with Crippen molar-refractivity contribution in [3.8, 4) is 5.75 Å². The molecule has 0 amide bonds. The van der Waals surface area contributed by atoms with Crippen LogP contribution < -0.4 is 15.4 Å². The lowest BCUT2D eigenvalue weighted by Crippen LogP contribution is -2.34. The molecular formula is C17H26N2O. The van der Waals surface area contributed by atoms with Crippen molar-refractivity contribution < 1.29 is 4.74 Å². The third-order valence-electron chi connectivity index (χ3n) is 4.87. The second-order valence-electron chi connectivity index (χ2n) is 6.10. The van der Waals surface area contributed by atoms with Crippen molar-refractivity contribution in [1.82, 2.24) is 0 Å². The fourth-order valence-electron chi connectivity index (χ4n) is 3.93. The van der Waals surface area contributed by atoms with Crippen LogP contribution in [0.5, 0.6) is 5.75 Å². The number of hydrogen-bond donors (Lipinski definition) is 1. The highest BCUT2D eigenvalue weighted by Crippen LogP contribution is 2.39. The molecule has 1 aliphatic carbocycles. The SMILES string of the molecule is CCOc1cc(N2CCCC2C2CCCC2)ccc1N. The van der Waals surface area contributed by atoms with Crippen molar-refractivity contribution in [2.75, 3.05) is 23.8 Å². The van der Waals surface area contributed by atoms with E-state index in [0.29, 0.717) is 6.61 Å². The fourth-order valence-corrected chi connectivity index (χ4v) is 3.93. The van der Waals surface area contributed by atoms with Gasteiger partial charge >= 0.3 is 0 Å². The smallest absolute Gasteiger partial charge is 0.144 e. The van der Waals surface area contributed by atoms with E-state index >= 15 is 0 Å². The third-order valence-corrected chi connectivity index (χ3v) is 4.87. The van der Waals surface area contributed by atoms with Crippen molar-refractivity contribution in [3.63, 3.8) is 0 Å². The molecule has 0 aromatic heterocycles. The van der Waals surface area contributed by atoms with Crippen molar-refractivity contribution >= 4 is 11.4 Å². The Kier molecular flexibility index (Phi) is 4.04. The Labute approximate surface area is 122 Å². The van der Waals surface area contributed by atoms with Crippen LogP contribution in [0.2, 0.25) is 0 Å². The normalized spacial score (nSPS) is 23.4. The molecule has 1 aromatic carbocycles. The molecule has 20 heavy (non-hydrogen) atoms. The van der Waals surface area contributed by atoms with Gasteiger partial charge in [0.15, 0.2) is 0 Å². The number of anilines is 2. The van der Waals surface area contributed by atoms with E-state index in [1.165, 1.54) is 50.8 Å². The molecule has 1 aliphatic heterocycles. The lowest BCUT2D eigenvalue weighted by atomic mass is 9.95. The van der Waals surface area contributed by atoms with E-state index in [0.717, 1.165) is 23.4 Å². The van der Waals surface area contributed by atoms with Gasteiger partial charge in [0.1, 0.15) is 5.75 Å². The monoisotopic (exact) mass is 274 g/mol. The molecule has 1 heterocycles. The lowest BCUT2D eigenvalue weighted by molar-refractivity contribution is 0.342. The molecule has 2 fully saturated rings. The molecule has 1 saturated heterocycles. The first-order valence-electron chi connectivity index (χ1n) is 8.08. The third kappa shape index (κ3) is 2.58. The fraction of sp³-hybridized carbons (Fsp3) is 0.647. The van der Waals surface area contributed by atoms with Gasteiger partial charge in [-0.15, -0.1) is 0 Å². The van der Waals surface area contributed by atoms with Gasteiger partial charge in [0.05, 0.1) is 12.3 Å². The molecule has 3 heteroatoms. The van der Waals surface area contributed by atoms with Crippen LogP contribution in [0.4, 0.5) is 11.4 Å². The van der Waals surface area contributed by atoms with Crippen LogP contribution in [-0.2, 0) is 0 Å². The topological polar surface area (TPSA) is 38.5 Å². The summed E-state index contributed by atoms with van der Waals surface area (Å²) < 4.78 is 5.65. The zero-order valence-corrected chi connectivity index (χ0v) is 12.5. The van der Waals surface area contributed by atoms with E-state index in [9.17, 15) is 0 Å². The highest BCUT2D eigenvalue weighted by molar-refractivity contribution is 5.63. The average molecular weight is 274 g/mol. The van der Waals surface area contributed by atoms with Crippen LogP contribution in [0.15, 0.2) is 18.2 Å². The van der Waals surface area contributed by atoms with Crippen molar-refractivity contribution in [3.05, 3.63) is 18.2 Å². The number of nitrogens with two attached hydrogens (primary N) is 1. The number of ether oxygens (including phenoxy) is 1. The number of hydrogen-bond acceptors (Lipinski definition) is 3. The van der Waals surface area contributed by atoms with Crippen LogP contribution in [-0.4, -0.2) is 19.2 Å². The first kappa shape index (κ1) is 13.6. The number of rotatable bonds is 4. The second-order valence-corrected chi connectivity index (χ2v) is 6.10. The van der Waals surface area contributed by atoms with E-state index in [2.05, 4.69) is 17.0 Å². The summed E-state index contributed by atoms with van der Waals surface area (Å²) in [6.45, 7) is 3.85. The Hall–Kier alpha value is -1.38. The lowest BCUT2D eigenvalue weighted by Gasteiger charge is -2.31. The van der Waals surface area contributed by atoms with Crippen LogP contribution in [0, 0.1) is 5.92 Å². The first-order valence-corrected chi connectivity index (χ1v) is 8.08. The minimum atomic E-state index is 0.666. The summed E-state index contributed by atoms with van der Waals surface area (Å²) in [4.78, 5) is 2.60. The summed E-state index contributed by atoms with van der Waals surface area (Å²) in [7, 11) is 0. The van der Waals surface area contributed by atoms with Crippen molar-refractivity contribution in [1.29, 1.82) is 0 Å². The zero-order chi connectivity index (χ0) is 13.9. The van der Waals surface area contributed by atoms with Crippen LogP contribution in [0.25, 0.3) is 0 Å². The molecule has 2 N–H and O–H groups in total. The van der Waals surface area contributed by atoms with E-state index < -0.39 is 0 Å². The predicted octanol–water partition coefficient (Wildman–Crippen LogP) is 3.83. The maximum absolute atomic E-state index is 5.99. The molecule has 1 atom stereocenters. The molecule has 110 valence electrons. The summed E-state index contributed by atoms with van der Waals surface area (Å²) in [6.07, 6.45) is 8.32. The number of nitrogens with zero attached hydrogens (tertiary/aromatic N) is 1. The highest BCUT2D eigenvalue weighted by Gasteiger charge is 2.33. The Morgan fingerprint density at radius 3 is 2.75 bits per heavy atom. The second kappa shape index (κ2) is 5.94.